The highest BCUT2D eigenvalue weighted by atomic mass is 14.6. The zero-order valence-corrected chi connectivity index (χ0v) is 17.8. The van der Waals surface area contributed by atoms with E-state index >= 15 is 0 Å². The lowest BCUT2D eigenvalue weighted by molar-refractivity contribution is 0.736. The summed E-state index contributed by atoms with van der Waals surface area (Å²) in [6.07, 6.45) is 7.00. The molecule has 2 heterocycles. The normalized spacial score (nSPS) is 7.50. The summed E-state index contributed by atoms with van der Waals surface area (Å²) >= 11 is 0. The van der Waals surface area contributed by atoms with Crippen LogP contribution in [0.25, 0.3) is 0 Å². The van der Waals surface area contributed by atoms with E-state index in [0.717, 1.165) is 11.8 Å². The van der Waals surface area contributed by atoms with Gasteiger partial charge in [0.25, 0.3) is 0 Å². The minimum atomic E-state index is 0.833. The molecule has 0 atom stereocenters. The highest BCUT2D eigenvalue weighted by Crippen LogP contribution is 1.81. The van der Waals surface area contributed by atoms with Gasteiger partial charge in [0.05, 0.1) is 0 Å². The Balaban J connectivity index is -0.000000106. The van der Waals surface area contributed by atoms with E-state index in [2.05, 4.69) is 51.5 Å². The highest BCUT2D eigenvalue weighted by molar-refractivity contribution is 4.88. The molecule has 2 aromatic rings. The van der Waals surface area contributed by atoms with Crippen LogP contribution in [0.1, 0.15) is 69.2 Å². The van der Waals surface area contributed by atoms with Gasteiger partial charge in [-0.2, -0.15) is 0 Å². The second kappa shape index (κ2) is 33.0. The summed E-state index contributed by atoms with van der Waals surface area (Å²) in [4.78, 5) is 7.57. The minimum absolute atomic E-state index is 0.833. The van der Waals surface area contributed by atoms with Crippen molar-refractivity contribution < 1.29 is 0 Å². The molecule has 0 N–H and O–H groups in total. The monoisotopic (exact) mass is 334 g/mol. The predicted octanol–water partition coefficient (Wildman–Crippen LogP) is 7.54. The Hall–Kier alpha value is -1.70. The van der Waals surface area contributed by atoms with Gasteiger partial charge in [0.15, 0.2) is 0 Å². The second-order valence-electron chi connectivity index (χ2n) is 5.51. The average Bonchev–Trinajstić information content (AvgIpc) is 2.61. The van der Waals surface area contributed by atoms with Gasteiger partial charge >= 0.3 is 0 Å². The van der Waals surface area contributed by atoms with Gasteiger partial charge < -0.3 is 0 Å². The molecule has 0 aromatic carbocycles. The van der Waals surface area contributed by atoms with Crippen LogP contribution in [0.4, 0.5) is 0 Å². The maximum absolute atomic E-state index is 3.78. The fraction of sp³-hybridized carbons (Fsp3) is 0.545. The van der Waals surface area contributed by atoms with Gasteiger partial charge in [-0.25, -0.2) is 0 Å². The summed E-state index contributed by atoms with van der Waals surface area (Å²) in [7, 11) is 0. The van der Waals surface area contributed by atoms with Crippen molar-refractivity contribution in [3.8, 4) is 0 Å². The zero-order valence-electron chi connectivity index (χ0n) is 17.8. The van der Waals surface area contributed by atoms with Gasteiger partial charge in [-0.05, 0) is 36.1 Å². The molecular formula is C22H42N2. The van der Waals surface area contributed by atoms with Crippen molar-refractivity contribution in [2.24, 2.45) is 11.8 Å². The molecule has 2 aromatic heterocycles. The number of rotatable bonds is 0. The number of hydrogen-bond donors (Lipinski definition) is 0. The molecule has 0 fully saturated rings. The fourth-order valence-corrected chi connectivity index (χ4v) is 0.625. The van der Waals surface area contributed by atoms with Crippen LogP contribution < -0.4 is 0 Å². The van der Waals surface area contributed by atoms with E-state index in [-0.39, 0.29) is 0 Å². The quantitative estimate of drug-likeness (QED) is 0.497. The summed E-state index contributed by atoms with van der Waals surface area (Å²) in [5.74, 6) is 1.67. The zero-order chi connectivity index (χ0) is 19.6. The molecule has 140 valence electrons. The van der Waals surface area contributed by atoms with Crippen LogP contribution in [0.15, 0.2) is 61.2 Å². The molecule has 0 aliphatic heterocycles. The molecule has 0 aliphatic carbocycles. The Morgan fingerprint density at radius 1 is 0.417 bits per heavy atom. The third-order valence-corrected chi connectivity index (χ3v) is 1.13. The molecule has 0 saturated carbocycles. The highest BCUT2D eigenvalue weighted by Gasteiger charge is 1.68. The molecule has 0 radical (unpaired) electrons. The van der Waals surface area contributed by atoms with E-state index in [4.69, 9.17) is 0 Å². The van der Waals surface area contributed by atoms with Crippen LogP contribution in [0.5, 0.6) is 0 Å². The first-order valence-electron chi connectivity index (χ1n) is 9.16. The third kappa shape index (κ3) is 71.3. The predicted molar refractivity (Wildman–Crippen MR) is 112 cm³/mol. The van der Waals surface area contributed by atoms with Crippen molar-refractivity contribution in [3.05, 3.63) is 61.2 Å². The molecule has 0 amide bonds. The van der Waals surface area contributed by atoms with Crippen molar-refractivity contribution in [3.63, 3.8) is 0 Å². The maximum Gasteiger partial charge on any atom is 0.0267 e. The maximum atomic E-state index is 3.78. The van der Waals surface area contributed by atoms with E-state index in [1.54, 1.807) is 24.8 Å². The number of nitrogens with zero attached hydrogens (tertiary/aromatic N) is 2. The van der Waals surface area contributed by atoms with E-state index < -0.39 is 0 Å². The van der Waals surface area contributed by atoms with Gasteiger partial charge in [0, 0.05) is 24.8 Å². The molecule has 24 heavy (non-hydrogen) atoms. The fourth-order valence-electron chi connectivity index (χ4n) is 0.625. The Bertz CT molecular complexity index is 248. The van der Waals surface area contributed by atoms with Crippen molar-refractivity contribution >= 4 is 0 Å². The van der Waals surface area contributed by atoms with E-state index in [1.807, 2.05) is 64.1 Å². The first-order valence-corrected chi connectivity index (χ1v) is 9.16. The molecule has 0 spiro atoms. The van der Waals surface area contributed by atoms with Crippen LogP contribution in [0.3, 0.4) is 0 Å². The SMILES string of the molecule is CC.CC.CC(C)C.CC(C)C.c1ccncc1.c1ccncc1. The molecular weight excluding hydrogens is 292 g/mol. The van der Waals surface area contributed by atoms with Crippen LogP contribution in [0.2, 0.25) is 0 Å². The molecule has 2 nitrogen and oxygen atoms in total. The lowest BCUT2D eigenvalue weighted by Crippen LogP contribution is -1.66. The Morgan fingerprint density at radius 2 is 0.583 bits per heavy atom. The van der Waals surface area contributed by atoms with Crippen LogP contribution >= 0.6 is 0 Å². The first kappa shape index (κ1) is 30.2. The Kier molecular flexibility index (Phi) is 41.6. The molecule has 0 saturated heterocycles. The van der Waals surface area contributed by atoms with Crippen LogP contribution in [-0.4, -0.2) is 9.97 Å². The lowest BCUT2D eigenvalue weighted by Gasteiger charge is -1.79. The summed E-state index contributed by atoms with van der Waals surface area (Å²) in [5.41, 5.74) is 0. The molecule has 2 rings (SSSR count). The van der Waals surface area contributed by atoms with Crippen molar-refractivity contribution in [2.45, 2.75) is 69.2 Å². The van der Waals surface area contributed by atoms with Crippen LogP contribution in [0, 0.1) is 11.8 Å². The standard InChI is InChI=1S/2C5H5N.2C4H10.2C2H6/c2*1-2-4-6-5-3-1;2*1-4(2)3;2*1-2/h2*1-5H;2*4H,1-3H3;2*1-2H3. The molecule has 2 heteroatoms. The van der Waals surface area contributed by atoms with Gasteiger partial charge in [-0.1, -0.05) is 81.4 Å². The van der Waals surface area contributed by atoms with Crippen molar-refractivity contribution in [1.82, 2.24) is 9.97 Å². The largest absolute Gasteiger partial charge is 0.265 e. The second-order valence-corrected chi connectivity index (χ2v) is 5.51. The van der Waals surface area contributed by atoms with Gasteiger partial charge in [-0.15, -0.1) is 0 Å². The summed E-state index contributed by atoms with van der Waals surface area (Å²) in [6, 6.07) is 11.4. The topological polar surface area (TPSA) is 25.8 Å². The molecule has 0 aliphatic rings. The number of hydrogen-bond acceptors (Lipinski definition) is 2. The molecule has 0 unspecified atom stereocenters. The Labute approximate surface area is 152 Å². The minimum Gasteiger partial charge on any atom is -0.265 e. The number of aromatic nitrogens is 2. The Morgan fingerprint density at radius 3 is 0.625 bits per heavy atom. The van der Waals surface area contributed by atoms with E-state index in [9.17, 15) is 0 Å². The summed E-state index contributed by atoms with van der Waals surface area (Å²) in [6.45, 7) is 21.0. The van der Waals surface area contributed by atoms with Gasteiger partial charge in [-0.3, -0.25) is 9.97 Å². The smallest absolute Gasteiger partial charge is 0.0267 e. The van der Waals surface area contributed by atoms with Gasteiger partial charge in [0.1, 0.15) is 0 Å². The van der Waals surface area contributed by atoms with E-state index in [1.165, 1.54) is 0 Å². The third-order valence-electron chi connectivity index (χ3n) is 1.13. The van der Waals surface area contributed by atoms with Crippen LogP contribution in [-0.2, 0) is 0 Å². The average molecular weight is 335 g/mol. The summed E-state index contributed by atoms with van der Waals surface area (Å²) < 4.78 is 0. The molecule has 0 bridgehead atoms. The summed E-state index contributed by atoms with van der Waals surface area (Å²) in [5, 5.41) is 0. The lowest BCUT2D eigenvalue weighted by atomic mass is 10.3. The number of pyridine rings is 2. The van der Waals surface area contributed by atoms with Crippen molar-refractivity contribution in [1.29, 1.82) is 0 Å². The first-order chi connectivity index (χ1) is 11.5. The van der Waals surface area contributed by atoms with Crippen molar-refractivity contribution in [2.75, 3.05) is 0 Å². The van der Waals surface area contributed by atoms with E-state index in [0.29, 0.717) is 0 Å². The van der Waals surface area contributed by atoms with Gasteiger partial charge in [0.2, 0.25) is 0 Å².